The van der Waals surface area contributed by atoms with Crippen molar-refractivity contribution in [1.29, 1.82) is 0 Å². The third-order valence-corrected chi connectivity index (χ3v) is 4.00. The van der Waals surface area contributed by atoms with Gasteiger partial charge in [0.15, 0.2) is 0 Å². The largest absolute Gasteiger partial charge is 0.573 e. The van der Waals surface area contributed by atoms with Crippen molar-refractivity contribution >= 4 is 27.5 Å². The third-order valence-electron chi connectivity index (χ3n) is 2.99. The molecule has 0 aliphatic carbocycles. The number of benzene rings is 2. The predicted molar refractivity (Wildman–Crippen MR) is 81.9 cm³/mol. The maximum atomic E-state index is 12.1. The lowest BCUT2D eigenvalue weighted by Crippen LogP contribution is -2.17. The van der Waals surface area contributed by atoms with Crippen LogP contribution in [-0.4, -0.2) is 17.3 Å². The van der Waals surface area contributed by atoms with E-state index in [4.69, 9.17) is 4.74 Å². The first kappa shape index (κ1) is 16.3. The molecule has 0 fully saturated rings. The van der Waals surface area contributed by atoms with Crippen molar-refractivity contribution in [2.45, 2.75) is 13.0 Å². The van der Waals surface area contributed by atoms with Crippen LogP contribution in [0, 0.1) is 0 Å². The van der Waals surface area contributed by atoms with E-state index in [1.165, 1.54) is 23.5 Å². The Morgan fingerprint density at radius 1 is 1.08 bits per heavy atom. The van der Waals surface area contributed by atoms with Crippen LogP contribution in [0.2, 0.25) is 0 Å². The first-order chi connectivity index (χ1) is 11.4. The van der Waals surface area contributed by atoms with E-state index in [0.717, 1.165) is 22.3 Å². The van der Waals surface area contributed by atoms with Crippen LogP contribution in [0.15, 0.2) is 48.5 Å². The Bertz CT molecular complexity index is 826. The van der Waals surface area contributed by atoms with Gasteiger partial charge in [0.2, 0.25) is 0 Å². The molecule has 3 aromatic rings. The molecule has 1 heterocycles. The minimum atomic E-state index is -4.77. The summed E-state index contributed by atoms with van der Waals surface area (Å²) in [6.45, 7) is -0.00101. The molecule has 0 saturated carbocycles. The van der Waals surface area contributed by atoms with Crippen molar-refractivity contribution in [3.63, 3.8) is 0 Å². The first-order valence-electron chi connectivity index (χ1n) is 6.78. The Morgan fingerprint density at radius 3 is 2.46 bits per heavy atom. The molecule has 0 unspecified atom stereocenters. The molecule has 0 atom stereocenters. The van der Waals surface area contributed by atoms with Crippen LogP contribution < -0.4 is 4.74 Å². The van der Waals surface area contributed by atoms with E-state index in [2.05, 4.69) is 9.72 Å². The summed E-state index contributed by atoms with van der Waals surface area (Å²) in [6.07, 6.45) is -4.77. The van der Waals surface area contributed by atoms with E-state index in [9.17, 15) is 18.0 Å². The predicted octanol–water partition coefficient (Wildman–Crippen LogP) is 4.55. The number of rotatable bonds is 4. The van der Waals surface area contributed by atoms with E-state index in [1.807, 2.05) is 24.3 Å². The van der Waals surface area contributed by atoms with Crippen molar-refractivity contribution in [3.05, 3.63) is 59.1 Å². The van der Waals surface area contributed by atoms with Gasteiger partial charge in [-0.15, -0.1) is 24.5 Å². The van der Waals surface area contributed by atoms with Crippen LogP contribution in [0.5, 0.6) is 5.75 Å². The fourth-order valence-corrected chi connectivity index (χ4v) is 2.87. The summed E-state index contributed by atoms with van der Waals surface area (Å²) in [5, 5.41) is 0.640. The number of alkyl halides is 3. The van der Waals surface area contributed by atoms with Crippen LogP contribution in [0.3, 0.4) is 0 Å². The van der Waals surface area contributed by atoms with Crippen molar-refractivity contribution in [2.75, 3.05) is 0 Å². The molecule has 124 valence electrons. The third kappa shape index (κ3) is 4.02. The Hall–Kier alpha value is -2.61. The molecule has 0 aliphatic heterocycles. The SMILES string of the molecule is O=C(OCc1nc2ccccc2s1)c1ccc(OC(F)(F)F)cc1. The number of aromatic nitrogens is 1. The van der Waals surface area contributed by atoms with Gasteiger partial charge in [-0.1, -0.05) is 12.1 Å². The molecular weight excluding hydrogens is 343 g/mol. The molecule has 2 aromatic carbocycles. The fraction of sp³-hybridized carbons (Fsp3) is 0.125. The molecule has 0 aliphatic rings. The quantitative estimate of drug-likeness (QED) is 0.646. The summed E-state index contributed by atoms with van der Waals surface area (Å²) in [5.74, 6) is -1.04. The monoisotopic (exact) mass is 353 g/mol. The minimum Gasteiger partial charge on any atom is -0.455 e. The summed E-state index contributed by atoms with van der Waals surface area (Å²) in [4.78, 5) is 16.3. The van der Waals surface area contributed by atoms with Gasteiger partial charge in [0.1, 0.15) is 17.4 Å². The number of hydrogen-bond acceptors (Lipinski definition) is 5. The second-order valence-corrected chi connectivity index (χ2v) is 5.84. The Labute approximate surface area is 138 Å². The molecule has 0 radical (unpaired) electrons. The topological polar surface area (TPSA) is 48.4 Å². The molecule has 3 rings (SSSR count). The van der Waals surface area contributed by atoms with Gasteiger partial charge in [-0.3, -0.25) is 0 Å². The minimum absolute atomic E-state index is 0.00101. The number of halogens is 3. The normalized spacial score (nSPS) is 11.5. The molecule has 0 spiro atoms. The highest BCUT2D eigenvalue weighted by atomic mass is 32.1. The van der Waals surface area contributed by atoms with E-state index < -0.39 is 18.1 Å². The second-order valence-electron chi connectivity index (χ2n) is 4.72. The van der Waals surface area contributed by atoms with Crippen LogP contribution in [-0.2, 0) is 11.3 Å². The number of para-hydroxylation sites is 1. The number of ether oxygens (including phenoxy) is 2. The second kappa shape index (κ2) is 6.48. The van der Waals surface area contributed by atoms with Crippen molar-refractivity contribution in [2.24, 2.45) is 0 Å². The van der Waals surface area contributed by atoms with Crippen LogP contribution in [0.1, 0.15) is 15.4 Å². The molecule has 4 nitrogen and oxygen atoms in total. The van der Waals surface area contributed by atoms with Gasteiger partial charge < -0.3 is 9.47 Å². The molecule has 8 heteroatoms. The average molecular weight is 353 g/mol. The van der Waals surface area contributed by atoms with Crippen molar-refractivity contribution in [3.8, 4) is 5.75 Å². The summed E-state index contributed by atoms with van der Waals surface area (Å²) in [7, 11) is 0. The Morgan fingerprint density at radius 2 is 1.79 bits per heavy atom. The van der Waals surface area contributed by atoms with Crippen LogP contribution >= 0.6 is 11.3 Å². The van der Waals surface area contributed by atoms with Gasteiger partial charge in [-0.2, -0.15) is 0 Å². The molecule has 0 saturated heterocycles. The first-order valence-corrected chi connectivity index (χ1v) is 7.60. The van der Waals surface area contributed by atoms with Gasteiger partial charge in [0.05, 0.1) is 15.8 Å². The number of thiazole rings is 1. The summed E-state index contributed by atoms with van der Waals surface area (Å²) < 4.78 is 46.1. The molecule has 0 N–H and O–H groups in total. The van der Waals surface area contributed by atoms with Crippen LogP contribution in [0.4, 0.5) is 13.2 Å². The van der Waals surface area contributed by atoms with E-state index in [-0.39, 0.29) is 12.2 Å². The summed E-state index contributed by atoms with van der Waals surface area (Å²) >= 11 is 1.41. The van der Waals surface area contributed by atoms with Crippen LogP contribution in [0.25, 0.3) is 10.2 Å². The zero-order valence-corrected chi connectivity index (χ0v) is 12.9. The molecule has 0 bridgehead atoms. The highest BCUT2D eigenvalue weighted by Crippen LogP contribution is 2.24. The summed E-state index contributed by atoms with van der Waals surface area (Å²) in [6, 6.07) is 12.1. The number of esters is 1. The number of fused-ring (bicyclic) bond motifs is 1. The van der Waals surface area contributed by atoms with Gasteiger partial charge in [-0.05, 0) is 36.4 Å². The van der Waals surface area contributed by atoms with E-state index >= 15 is 0 Å². The molecule has 24 heavy (non-hydrogen) atoms. The molecule has 0 amide bonds. The van der Waals surface area contributed by atoms with E-state index in [1.54, 1.807) is 0 Å². The van der Waals surface area contributed by atoms with Gasteiger partial charge in [0, 0.05) is 0 Å². The lowest BCUT2D eigenvalue weighted by Gasteiger charge is -2.09. The number of carbonyl (C=O) groups is 1. The Balaban J connectivity index is 1.62. The van der Waals surface area contributed by atoms with Gasteiger partial charge >= 0.3 is 12.3 Å². The van der Waals surface area contributed by atoms with Crippen molar-refractivity contribution in [1.82, 2.24) is 4.98 Å². The van der Waals surface area contributed by atoms with Gasteiger partial charge in [-0.25, -0.2) is 9.78 Å². The zero-order valence-electron chi connectivity index (χ0n) is 12.0. The number of nitrogens with zero attached hydrogens (tertiary/aromatic N) is 1. The standard InChI is InChI=1S/C16H10F3NO3S/c17-16(18,19)23-11-7-5-10(6-8-11)15(21)22-9-14-20-12-3-1-2-4-13(12)24-14/h1-8H,9H2. The van der Waals surface area contributed by atoms with Gasteiger partial charge in [0.25, 0.3) is 0 Å². The Kier molecular flexibility index (Phi) is 4.39. The highest BCUT2D eigenvalue weighted by molar-refractivity contribution is 7.18. The maximum Gasteiger partial charge on any atom is 0.573 e. The molecular formula is C16H10F3NO3S. The highest BCUT2D eigenvalue weighted by Gasteiger charge is 2.31. The number of carbonyl (C=O) groups excluding carboxylic acids is 1. The van der Waals surface area contributed by atoms with Crippen molar-refractivity contribution < 1.29 is 27.4 Å². The fourth-order valence-electron chi connectivity index (χ4n) is 1.98. The summed E-state index contributed by atoms with van der Waals surface area (Å²) in [5.41, 5.74) is 0.952. The van der Waals surface area contributed by atoms with E-state index in [0.29, 0.717) is 5.01 Å². The lowest BCUT2D eigenvalue weighted by molar-refractivity contribution is -0.274. The molecule has 1 aromatic heterocycles. The average Bonchev–Trinajstić information content (AvgIpc) is 2.94. The lowest BCUT2D eigenvalue weighted by atomic mass is 10.2. The zero-order chi connectivity index (χ0) is 17.2. The smallest absolute Gasteiger partial charge is 0.455 e. The maximum absolute atomic E-state index is 12.1. The number of hydrogen-bond donors (Lipinski definition) is 0.